The molecule has 3 aromatic rings. The number of unbranched alkanes of at least 4 members (excludes halogenated alkanes) is 15. The second kappa shape index (κ2) is 24.8. The maximum absolute atomic E-state index is 13.1. The number of anilines is 1. The topological polar surface area (TPSA) is 213 Å². The van der Waals surface area contributed by atoms with Crippen LogP contribution in [0.5, 0.6) is 5.75 Å². The van der Waals surface area contributed by atoms with Crippen LogP contribution >= 0.6 is 7.82 Å². The highest BCUT2D eigenvalue weighted by Crippen LogP contribution is 2.46. The number of aromatic nitrogens is 3. The number of aliphatic hydroxyl groups excluding tert-OH is 2. The van der Waals surface area contributed by atoms with Gasteiger partial charge in [0.1, 0.15) is 53.7 Å². The standard InChI is InChI=1S/C42H66N5O10P/c1-4-5-6-7-8-9-10-11-12-13-14-15-16-17-18-19-24-53-28-34(54-27-32-20-22-36(52-3)33(25-32)26-43)29-55-58(50,51)56-30-37-39(48)40(49)42(2,57-37)38-23-21-35-41(44)45-31-46-47(35)38/h20-23,25,31,34,37,39-40,48-49H,4-19,24,27-30H2,1-3H3,(H,50,51)(H2,44,45,46)/t34-,37?,39-,40-,42+/m1/s1. The van der Waals surface area contributed by atoms with Crippen molar-refractivity contribution < 1.29 is 47.7 Å². The van der Waals surface area contributed by atoms with Crippen LogP contribution in [0.1, 0.15) is 133 Å². The van der Waals surface area contributed by atoms with Gasteiger partial charge in [-0.2, -0.15) is 10.4 Å². The van der Waals surface area contributed by atoms with Gasteiger partial charge in [0, 0.05) is 6.61 Å². The number of fused-ring (bicyclic) bond motifs is 1. The van der Waals surface area contributed by atoms with Crippen LogP contribution < -0.4 is 10.5 Å². The first-order chi connectivity index (χ1) is 28.0. The molecule has 5 N–H and O–H groups in total. The number of aliphatic hydroxyl groups is 2. The molecule has 2 aromatic heterocycles. The van der Waals surface area contributed by atoms with E-state index in [2.05, 4.69) is 23.1 Å². The predicted octanol–water partition coefficient (Wildman–Crippen LogP) is 7.52. The minimum atomic E-state index is -4.70. The lowest BCUT2D eigenvalue weighted by Gasteiger charge is -2.27. The number of phosphoric acid groups is 1. The first kappa shape index (κ1) is 47.5. The third-order valence-electron chi connectivity index (χ3n) is 10.8. The summed E-state index contributed by atoms with van der Waals surface area (Å²) in [6.45, 7) is 3.59. The quantitative estimate of drug-likeness (QED) is 0.0378. The molecule has 15 nitrogen and oxygen atoms in total. The average Bonchev–Trinajstić information content (AvgIpc) is 3.76. The van der Waals surface area contributed by atoms with E-state index in [1.807, 2.05) is 0 Å². The Morgan fingerprint density at radius 2 is 1.59 bits per heavy atom. The number of nitrogen functional groups attached to an aromatic ring is 1. The van der Waals surface area contributed by atoms with E-state index in [1.165, 1.54) is 101 Å². The Morgan fingerprint density at radius 3 is 2.21 bits per heavy atom. The van der Waals surface area contributed by atoms with Crippen molar-refractivity contribution in [2.24, 2.45) is 0 Å². The summed E-state index contributed by atoms with van der Waals surface area (Å²) in [4.78, 5) is 14.6. The molecule has 2 unspecified atom stereocenters. The van der Waals surface area contributed by atoms with Crippen LogP contribution in [-0.2, 0) is 40.0 Å². The molecule has 1 aliphatic heterocycles. The molecule has 0 radical (unpaired) electrons. The molecule has 0 amide bonds. The third kappa shape index (κ3) is 14.5. The van der Waals surface area contributed by atoms with Crippen molar-refractivity contribution >= 4 is 19.2 Å². The number of hydrogen-bond acceptors (Lipinski definition) is 13. The van der Waals surface area contributed by atoms with Crippen molar-refractivity contribution in [3.63, 3.8) is 0 Å². The summed E-state index contributed by atoms with van der Waals surface area (Å²) >= 11 is 0. The van der Waals surface area contributed by atoms with E-state index in [4.69, 9.17) is 33.7 Å². The average molecular weight is 832 g/mol. The lowest BCUT2D eigenvalue weighted by atomic mass is 9.93. The summed E-state index contributed by atoms with van der Waals surface area (Å²) in [6.07, 6.45) is 16.9. The highest BCUT2D eigenvalue weighted by molar-refractivity contribution is 7.47. The van der Waals surface area contributed by atoms with E-state index >= 15 is 0 Å². The van der Waals surface area contributed by atoms with E-state index in [9.17, 15) is 24.9 Å². The highest BCUT2D eigenvalue weighted by Gasteiger charge is 2.54. The maximum Gasteiger partial charge on any atom is 0.472 e. The molecule has 1 saturated heterocycles. The number of ether oxygens (including phenoxy) is 4. The van der Waals surface area contributed by atoms with Crippen LogP contribution in [0, 0.1) is 11.3 Å². The molecule has 58 heavy (non-hydrogen) atoms. The van der Waals surface area contributed by atoms with Gasteiger partial charge in [0.25, 0.3) is 0 Å². The van der Waals surface area contributed by atoms with E-state index in [0.717, 1.165) is 19.3 Å². The summed E-state index contributed by atoms with van der Waals surface area (Å²) < 4.78 is 48.4. The second-order valence-electron chi connectivity index (χ2n) is 15.4. The smallest absolute Gasteiger partial charge is 0.472 e. The van der Waals surface area contributed by atoms with Crippen molar-refractivity contribution in [2.45, 2.75) is 153 Å². The summed E-state index contributed by atoms with van der Waals surface area (Å²) in [5.74, 6) is 0.663. The summed E-state index contributed by atoms with van der Waals surface area (Å²) in [7, 11) is -3.21. The number of nitriles is 1. The van der Waals surface area contributed by atoms with E-state index < -0.39 is 44.4 Å². The van der Waals surface area contributed by atoms with Crippen molar-refractivity contribution in [1.82, 2.24) is 14.6 Å². The Balaban J connectivity index is 1.19. The molecular formula is C42H66N5O10P. The monoisotopic (exact) mass is 831 g/mol. The van der Waals surface area contributed by atoms with Crippen molar-refractivity contribution in [1.29, 1.82) is 5.26 Å². The number of hydrogen-bond donors (Lipinski definition) is 4. The largest absolute Gasteiger partial charge is 0.495 e. The van der Waals surface area contributed by atoms with Crippen LogP contribution in [0.25, 0.3) is 5.52 Å². The summed E-state index contributed by atoms with van der Waals surface area (Å²) in [6, 6.07) is 10.5. The van der Waals surface area contributed by atoms with Crippen molar-refractivity contribution in [2.75, 3.05) is 39.3 Å². The zero-order valence-corrected chi connectivity index (χ0v) is 35.5. The van der Waals surface area contributed by atoms with E-state index in [0.29, 0.717) is 34.7 Å². The molecule has 1 aromatic carbocycles. The maximum atomic E-state index is 13.1. The third-order valence-corrected chi connectivity index (χ3v) is 11.7. The van der Waals surface area contributed by atoms with E-state index in [1.54, 1.807) is 37.3 Å². The molecule has 3 heterocycles. The lowest BCUT2D eigenvalue weighted by molar-refractivity contribution is -0.0901. The van der Waals surface area contributed by atoms with Gasteiger partial charge in [0.05, 0.1) is 44.8 Å². The molecule has 0 spiro atoms. The van der Waals surface area contributed by atoms with Crippen LogP contribution in [-0.4, -0.2) is 87.7 Å². The zero-order chi connectivity index (χ0) is 41.8. The zero-order valence-electron chi connectivity index (χ0n) is 34.6. The van der Waals surface area contributed by atoms with Crippen LogP contribution in [0.15, 0.2) is 36.7 Å². The SMILES string of the molecule is CCCCCCCCCCCCCCCCCCOC[C@H](COP(=O)(O)OCC1O[C@@](C)(c2ccc3c(N)ncnn23)[C@H](O)[C@@H]1O)OCc1ccc(OC)c(C#N)c1. The molecule has 1 aliphatic rings. The molecule has 6 atom stereocenters. The Bertz CT molecular complexity index is 1740. The molecule has 324 valence electrons. The summed E-state index contributed by atoms with van der Waals surface area (Å²) in [5, 5.41) is 35.6. The Hall–Kier alpha value is -3.16. The normalized spacial score (nSPS) is 20.9. The number of phosphoric ester groups is 1. The van der Waals surface area contributed by atoms with Gasteiger partial charge in [-0.1, -0.05) is 109 Å². The van der Waals surface area contributed by atoms with E-state index in [-0.39, 0.29) is 25.6 Å². The number of methoxy groups -OCH3 is 1. The number of nitrogens with two attached hydrogens (primary N) is 1. The second-order valence-corrected chi connectivity index (χ2v) is 16.8. The Labute approximate surface area is 343 Å². The molecule has 1 fully saturated rings. The van der Waals surface area contributed by atoms with Crippen LogP contribution in [0.2, 0.25) is 0 Å². The number of benzene rings is 1. The Morgan fingerprint density at radius 1 is 0.948 bits per heavy atom. The molecule has 0 bridgehead atoms. The number of rotatable bonds is 30. The lowest BCUT2D eigenvalue weighted by Crippen LogP contribution is -2.39. The van der Waals surface area contributed by atoms with Gasteiger partial charge < -0.3 is 39.8 Å². The van der Waals surface area contributed by atoms with Gasteiger partial charge in [0.15, 0.2) is 5.82 Å². The van der Waals surface area contributed by atoms with Crippen LogP contribution in [0.3, 0.4) is 0 Å². The van der Waals surface area contributed by atoms with Gasteiger partial charge in [-0.05, 0) is 43.2 Å². The molecule has 0 aliphatic carbocycles. The van der Waals surface area contributed by atoms with Gasteiger partial charge in [-0.15, -0.1) is 0 Å². The van der Waals surface area contributed by atoms with Gasteiger partial charge >= 0.3 is 7.82 Å². The molecule has 4 rings (SSSR count). The fraction of sp³-hybridized carbons (Fsp3) is 0.690. The van der Waals surface area contributed by atoms with Gasteiger partial charge in [0.2, 0.25) is 0 Å². The molecule has 16 heteroatoms. The highest BCUT2D eigenvalue weighted by atomic mass is 31.2. The minimum Gasteiger partial charge on any atom is -0.495 e. The fourth-order valence-electron chi connectivity index (χ4n) is 7.30. The van der Waals surface area contributed by atoms with Gasteiger partial charge in [-0.25, -0.2) is 14.1 Å². The predicted molar refractivity (Wildman–Crippen MR) is 220 cm³/mol. The number of nitrogens with zero attached hydrogens (tertiary/aromatic N) is 4. The first-order valence-corrected chi connectivity index (χ1v) is 22.5. The Kier molecular flexibility index (Phi) is 20.3. The van der Waals surface area contributed by atoms with Crippen LogP contribution in [0.4, 0.5) is 5.82 Å². The van der Waals surface area contributed by atoms with Crippen molar-refractivity contribution in [3.8, 4) is 11.8 Å². The minimum absolute atomic E-state index is 0.0786. The first-order valence-electron chi connectivity index (χ1n) is 21.0. The fourth-order valence-corrected chi connectivity index (χ4v) is 8.06. The van der Waals surface area contributed by atoms with Gasteiger partial charge in [-0.3, -0.25) is 9.05 Å². The van der Waals surface area contributed by atoms with Crippen molar-refractivity contribution in [3.05, 3.63) is 53.5 Å². The molecular weight excluding hydrogens is 765 g/mol. The summed E-state index contributed by atoms with van der Waals surface area (Å²) in [5.41, 5.74) is 6.43. The molecule has 0 saturated carbocycles.